The lowest BCUT2D eigenvalue weighted by molar-refractivity contribution is 0.165. The van der Waals surface area contributed by atoms with Gasteiger partial charge in [-0.3, -0.25) is 0 Å². The van der Waals surface area contributed by atoms with E-state index in [-0.39, 0.29) is 0 Å². The Bertz CT molecular complexity index is 379. The number of unbranched alkanes of at least 4 members (excludes halogenated alkanes) is 18. The van der Waals surface area contributed by atoms with Gasteiger partial charge in [-0.25, -0.2) is 0 Å². The number of nitrogens with zero attached hydrogens (tertiary/aromatic N) is 2. The maximum absolute atomic E-state index is 2.56. The van der Waals surface area contributed by atoms with Crippen molar-refractivity contribution in [1.82, 2.24) is 9.80 Å². The van der Waals surface area contributed by atoms with Crippen molar-refractivity contribution in [3.63, 3.8) is 0 Å². The summed E-state index contributed by atoms with van der Waals surface area (Å²) in [6, 6.07) is 0. The molecular formula is C28H56N2. The van der Waals surface area contributed by atoms with Crippen LogP contribution in [0.2, 0.25) is 0 Å². The monoisotopic (exact) mass is 420 g/mol. The van der Waals surface area contributed by atoms with E-state index in [2.05, 4.69) is 43.0 Å². The summed E-state index contributed by atoms with van der Waals surface area (Å²) < 4.78 is 0. The first kappa shape index (κ1) is 27.4. The first-order valence-corrected chi connectivity index (χ1v) is 14.0. The molecule has 30 heavy (non-hydrogen) atoms. The Morgan fingerprint density at radius 3 is 1.00 bits per heavy atom. The molecule has 0 saturated heterocycles. The molecule has 1 heterocycles. The zero-order chi connectivity index (χ0) is 21.7. The molecule has 1 rings (SSSR count). The molecule has 0 saturated carbocycles. The fourth-order valence-electron chi connectivity index (χ4n) is 4.70. The van der Waals surface area contributed by atoms with E-state index >= 15 is 0 Å². The minimum absolute atomic E-state index is 0.571. The quantitative estimate of drug-likeness (QED) is 0.161. The Morgan fingerprint density at radius 2 is 0.700 bits per heavy atom. The molecule has 1 atom stereocenters. The molecule has 0 amide bonds. The van der Waals surface area contributed by atoms with Crippen molar-refractivity contribution in [2.24, 2.45) is 0 Å². The van der Waals surface area contributed by atoms with E-state index in [1.54, 1.807) is 0 Å². The summed E-state index contributed by atoms with van der Waals surface area (Å²) in [5.41, 5.74) is 0. The summed E-state index contributed by atoms with van der Waals surface area (Å²) in [5, 5.41) is 0. The van der Waals surface area contributed by atoms with Gasteiger partial charge < -0.3 is 9.80 Å². The van der Waals surface area contributed by atoms with Crippen LogP contribution in [0.15, 0.2) is 12.4 Å². The largest absolute Gasteiger partial charge is 0.356 e. The van der Waals surface area contributed by atoms with Crippen LogP contribution in [-0.2, 0) is 0 Å². The zero-order valence-electron chi connectivity index (χ0n) is 21.2. The third kappa shape index (κ3) is 14.4. The molecule has 0 spiro atoms. The molecule has 2 nitrogen and oxygen atoms in total. The van der Waals surface area contributed by atoms with Crippen LogP contribution in [0.3, 0.4) is 0 Å². The summed E-state index contributed by atoms with van der Waals surface area (Å²) >= 11 is 0. The number of hydrogen-bond acceptors (Lipinski definition) is 2. The van der Waals surface area contributed by atoms with Crippen molar-refractivity contribution in [2.45, 2.75) is 155 Å². The van der Waals surface area contributed by atoms with Gasteiger partial charge in [0.2, 0.25) is 0 Å². The average molecular weight is 421 g/mol. The van der Waals surface area contributed by atoms with Crippen molar-refractivity contribution >= 4 is 0 Å². The van der Waals surface area contributed by atoms with E-state index in [1.165, 1.54) is 142 Å². The second kappa shape index (κ2) is 20.3. The third-order valence-corrected chi connectivity index (χ3v) is 6.95. The minimum atomic E-state index is 0.571. The van der Waals surface area contributed by atoms with Crippen molar-refractivity contribution < 1.29 is 0 Å². The molecule has 0 aromatic heterocycles. The molecular weight excluding hydrogens is 364 g/mol. The second-order valence-corrected chi connectivity index (χ2v) is 9.77. The summed E-state index contributed by atoms with van der Waals surface area (Å²) in [7, 11) is 0. The van der Waals surface area contributed by atoms with E-state index in [4.69, 9.17) is 0 Å². The van der Waals surface area contributed by atoms with Gasteiger partial charge in [0.05, 0.1) is 6.17 Å². The van der Waals surface area contributed by atoms with Crippen LogP contribution >= 0.6 is 0 Å². The van der Waals surface area contributed by atoms with Crippen LogP contribution in [-0.4, -0.2) is 29.1 Å². The average Bonchev–Trinajstić information content (AvgIpc) is 3.10. The van der Waals surface area contributed by atoms with E-state index in [9.17, 15) is 0 Å². The highest BCUT2D eigenvalue weighted by molar-refractivity contribution is 4.95. The van der Waals surface area contributed by atoms with Gasteiger partial charge in [0, 0.05) is 25.5 Å². The third-order valence-electron chi connectivity index (χ3n) is 6.95. The predicted molar refractivity (Wildman–Crippen MR) is 136 cm³/mol. The molecule has 1 unspecified atom stereocenters. The van der Waals surface area contributed by atoms with E-state index in [1.807, 2.05) is 0 Å². The SMILES string of the molecule is CCCCCCCCCCCCCN1C=CN(CCCCCCCCCCC)C1C. The second-order valence-electron chi connectivity index (χ2n) is 9.77. The van der Waals surface area contributed by atoms with E-state index < -0.39 is 0 Å². The Balaban J connectivity index is 1.89. The highest BCUT2D eigenvalue weighted by Crippen LogP contribution is 2.19. The fraction of sp³-hybridized carbons (Fsp3) is 0.929. The highest BCUT2D eigenvalue weighted by atomic mass is 15.4. The van der Waals surface area contributed by atoms with Gasteiger partial charge in [-0.2, -0.15) is 0 Å². The van der Waals surface area contributed by atoms with Crippen molar-refractivity contribution in [2.75, 3.05) is 13.1 Å². The van der Waals surface area contributed by atoms with E-state index in [0.29, 0.717) is 6.17 Å². The molecule has 0 N–H and O–H groups in total. The molecule has 0 aromatic carbocycles. The zero-order valence-corrected chi connectivity index (χ0v) is 21.2. The van der Waals surface area contributed by atoms with Crippen molar-refractivity contribution in [1.29, 1.82) is 0 Å². The maximum atomic E-state index is 2.56. The topological polar surface area (TPSA) is 6.48 Å². The van der Waals surface area contributed by atoms with Gasteiger partial charge in [-0.15, -0.1) is 0 Å². The first-order chi connectivity index (χ1) is 14.8. The van der Waals surface area contributed by atoms with Crippen molar-refractivity contribution in [3.05, 3.63) is 12.4 Å². The van der Waals surface area contributed by atoms with Crippen LogP contribution < -0.4 is 0 Å². The molecule has 0 aromatic rings. The van der Waals surface area contributed by atoms with Gasteiger partial charge in [0.1, 0.15) is 0 Å². The maximum Gasteiger partial charge on any atom is 0.0977 e. The molecule has 2 heteroatoms. The molecule has 178 valence electrons. The standard InChI is InChI=1S/C28H56N2/c1-4-6-8-10-12-14-15-17-19-21-23-25-30-27-26-29(28(30)3)24-22-20-18-16-13-11-9-7-5-2/h26-28H,4-25H2,1-3H3. The van der Waals surface area contributed by atoms with Gasteiger partial charge in [-0.1, -0.05) is 129 Å². The normalized spacial score (nSPS) is 16.2. The summed E-state index contributed by atoms with van der Waals surface area (Å²) in [4.78, 5) is 5.11. The number of rotatable bonds is 22. The van der Waals surface area contributed by atoms with Crippen molar-refractivity contribution in [3.8, 4) is 0 Å². The molecule has 0 radical (unpaired) electrons. The fourth-order valence-corrected chi connectivity index (χ4v) is 4.70. The van der Waals surface area contributed by atoms with Gasteiger partial charge in [0.15, 0.2) is 0 Å². The minimum Gasteiger partial charge on any atom is -0.356 e. The smallest absolute Gasteiger partial charge is 0.0977 e. The van der Waals surface area contributed by atoms with E-state index in [0.717, 1.165) is 0 Å². The molecule has 1 aliphatic heterocycles. The molecule has 0 bridgehead atoms. The van der Waals surface area contributed by atoms with Crippen LogP contribution in [0.5, 0.6) is 0 Å². The van der Waals surface area contributed by atoms with Gasteiger partial charge >= 0.3 is 0 Å². The van der Waals surface area contributed by atoms with Crippen LogP contribution in [0.4, 0.5) is 0 Å². The summed E-state index contributed by atoms with van der Waals surface area (Å²) in [5.74, 6) is 0. The summed E-state index contributed by atoms with van der Waals surface area (Å²) in [6.45, 7) is 9.46. The first-order valence-electron chi connectivity index (χ1n) is 14.0. The molecule has 1 aliphatic rings. The Labute approximate surface area is 190 Å². The Morgan fingerprint density at radius 1 is 0.433 bits per heavy atom. The lowest BCUT2D eigenvalue weighted by Crippen LogP contribution is -2.36. The number of hydrogen-bond donors (Lipinski definition) is 0. The van der Waals surface area contributed by atoms with Crippen LogP contribution in [0.1, 0.15) is 149 Å². The lowest BCUT2D eigenvalue weighted by atomic mass is 10.1. The Kier molecular flexibility index (Phi) is 18.5. The predicted octanol–water partition coefficient (Wildman–Crippen LogP) is 9.26. The molecule has 0 fully saturated rings. The van der Waals surface area contributed by atoms with Crippen LogP contribution in [0.25, 0.3) is 0 Å². The van der Waals surface area contributed by atoms with Gasteiger partial charge in [0.25, 0.3) is 0 Å². The lowest BCUT2D eigenvalue weighted by Gasteiger charge is -2.30. The Hall–Kier alpha value is -0.660. The van der Waals surface area contributed by atoms with Crippen LogP contribution in [0, 0.1) is 0 Å². The molecule has 0 aliphatic carbocycles. The van der Waals surface area contributed by atoms with Gasteiger partial charge in [-0.05, 0) is 19.8 Å². The summed E-state index contributed by atoms with van der Waals surface area (Å²) in [6.07, 6.45) is 33.8. The highest BCUT2D eigenvalue weighted by Gasteiger charge is 2.20.